The van der Waals surface area contributed by atoms with E-state index in [1.807, 2.05) is 58.0 Å². The van der Waals surface area contributed by atoms with Crippen LogP contribution in [0.4, 0.5) is 5.69 Å². The van der Waals surface area contributed by atoms with Crippen LogP contribution in [0.1, 0.15) is 38.8 Å². The molecule has 4 rings (SSSR count). The van der Waals surface area contributed by atoms with Crippen LogP contribution in [-0.4, -0.2) is 49.9 Å². The third-order valence-electron chi connectivity index (χ3n) is 7.22. The molecule has 0 radical (unpaired) electrons. The number of ether oxygens (including phenoxy) is 1. The van der Waals surface area contributed by atoms with Crippen molar-refractivity contribution in [2.75, 3.05) is 17.5 Å². The Morgan fingerprint density at radius 3 is 2.06 bits per heavy atom. The van der Waals surface area contributed by atoms with E-state index in [-0.39, 0.29) is 28.6 Å². The summed E-state index contributed by atoms with van der Waals surface area (Å²) in [5.41, 5.74) is 1.04. The van der Waals surface area contributed by atoms with E-state index >= 15 is 0 Å². The first-order valence-corrected chi connectivity index (χ1v) is 17.9. The molecule has 2 amide bonds. The summed E-state index contributed by atoms with van der Waals surface area (Å²) >= 11 is 18.6. The molecule has 0 fully saturated rings. The molecule has 0 bridgehead atoms. The van der Waals surface area contributed by atoms with E-state index in [1.54, 1.807) is 42.5 Å². The van der Waals surface area contributed by atoms with Crippen LogP contribution in [0.3, 0.4) is 0 Å². The summed E-state index contributed by atoms with van der Waals surface area (Å²) in [6.45, 7) is 7.14. The Morgan fingerprint density at radius 2 is 1.48 bits per heavy atom. The minimum atomic E-state index is -4.30. The van der Waals surface area contributed by atoms with Crippen molar-refractivity contribution in [2.24, 2.45) is 0 Å². The molecule has 0 spiro atoms. The highest BCUT2D eigenvalue weighted by Crippen LogP contribution is 2.29. The van der Waals surface area contributed by atoms with E-state index < -0.39 is 40.0 Å². The molecule has 0 saturated carbocycles. The average molecular weight is 731 g/mol. The van der Waals surface area contributed by atoms with Crippen molar-refractivity contribution in [3.8, 4) is 5.75 Å². The van der Waals surface area contributed by atoms with Gasteiger partial charge >= 0.3 is 0 Å². The highest BCUT2D eigenvalue weighted by atomic mass is 35.5. The maximum atomic E-state index is 14.6. The van der Waals surface area contributed by atoms with Crippen LogP contribution in [-0.2, 0) is 32.6 Å². The summed E-state index contributed by atoms with van der Waals surface area (Å²) in [5.74, 6) is -0.468. The Balaban J connectivity index is 1.83. The lowest BCUT2D eigenvalue weighted by molar-refractivity contribution is -0.140. The molecule has 0 aliphatic heterocycles. The van der Waals surface area contributed by atoms with Crippen molar-refractivity contribution in [3.63, 3.8) is 0 Å². The largest absolute Gasteiger partial charge is 0.494 e. The van der Waals surface area contributed by atoms with Crippen molar-refractivity contribution in [1.82, 2.24) is 10.2 Å². The Hall–Kier alpha value is -3.76. The molecule has 0 aliphatic carbocycles. The molecular weight excluding hydrogens is 693 g/mol. The fourth-order valence-electron chi connectivity index (χ4n) is 4.98. The lowest BCUT2D eigenvalue weighted by Gasteiger charge is -2.35. The summed E-state index contributed by atoms with van der Waals surface area (Å²) in [5, 5.41) is 3.98. The van der Waals surface area contributed by atoms with Crippen LogP contribution in [0.2, 0.25) is 15.1 Å². The number of rotatable bonds is 13. The van der Waals surface area contributed by atoms with Gasteiger partial charge in [0.2, 0.25) is 11.8 Å². The van der Waals surface area contributed by atoms with E-state index in [2.05, 4.69) is 5.32 Å². The van der Waals surface area contributed by atoms with Gasteiger partial charge in [0, 0.05) is 23.5 Å². The minimum absolute atomic E-state index is 0.0527. The van der Waals surface area contributed by atoms with E-state index in [9.17, 15) is 18.0 Å². The van der Waals surface area contributed by atoms with Crippen LogP contribution in [0.25, 0.3) is 0 Å². The van der Waals surface area contributed by atoms with Crippen LogP contribution >= 0.6 is 34.8 Å². The van der Waals surface area contributed by atoms with Gasteiger partial charge in [-0.2, -0.15) is 0 Å². The predicted molar refractivity (Wildman–Crippen MR) is 192 cm³/mol. The number of nitrogens with one attached hydrogen (secondary N) is 1. The van der Waals surface area contributed by atoms with Gasteiger partial charge in [0.15, 0.2) is 0 Å². The summed E-state index contributed by atoms with van der Waals surface area (Å²) in [4.78, 5) is 30.0. The fraction of sp³-hybridized carbons (Fsp3) is 0.278. The van der Waals surface area contributed by atoms with E-state index in [0.717, 1.165) is 9.87 Å². The molecule has 4 aromatic rings. The lowest BCUT2D eigenvalue weighted by Crippen LogP contribution is -2.56. The van der Waals surface area contributed by atoms with Gasteiger partial charge < -0.3 is 15.0 Å². The molecule has 1 atom stereocenters. The number of benzene rings is 4. The molecule has 12 heteroatoms. The summed E-state index contributed by atoms with van der Waals surface area (Å²) in [7, 11) is -4.30. The Labute approximate surface area is 297 Å². The molecule has 0 aromatic heterocycles. The number of halogens is 3. The van der Waals surface area contributed by atoms with E-state index in [1.165, 1.54) is 29.2 Å². The minimum Gasteiger partial charge on any atom is -0.494 e. The van der Waals surface area contributed by atoms with Crippen LogP contribution in [0, 0.1) is 0 Å². The second-order valence-corrected chi connectivity index (χ2v) is 15.2. The van der Waals surface area contributed by atoms with Gasteiger partial charge in [-0.05, 0) is 99.5 Å². The van der Waals surface area contributed by atoms with Crippen LogP contribution in [0.5, 0.6) is 5.75 Å². The van der Waals surface area contributed by atoms with Crippen molar-refractivity contribution in [3.05, 3.63) is 123 Å². The molecular formula is C36H38Cl3N3O5S. The third-order valence-corrected chi connectivity index (χ3v) is 10.0. The number of anilines is 1. The number of carbonyl (C=O) groups excluding carboxylic acids is 2. The highest BCUT2D eigenvalue weighted by molar-refractivity contribution is 7.92. The molecule has 48 heavy (non-hydrogen) atoms. The third kappa shape index (κ3) is 9.89. The monoisotopic (exact) mass is 729 g/mol. The molecule has 0 aliphatic rings. The number of carbonyl (C=O) groups is 2. The van der Waals surface area contributed by atoms with Crippen molar-refractivity contribution in [1.29, 1.82) is 0 Å². The first-order valence-electron chi connectivity index (χ1n) is 15.3. The van der Waals surface area contributed by atoms with Gasteiger partial charge in [-0.1, -0.05) is 71.2 Å². The molecule has 254 valence electrons. The Morgan fingerprint density at radius 1 is 0.833 bits per heavy atom. The number of hydrogen-bond acceptors (Lipinski definition) is 5. The number of amides is 2. The van der Waals surface area contributed by atoms with E-state index in [0.29, 0.717) is 28.0 Å². The quantitative estimate of drug-likeness (QED) is 0.152. The predicted octanol–water partition coefficient (Wildman–Crippen LogP) is 7.80. The summed E-state index contributed by atoms with van der Waals surface area (Å²) < 4.78 is 35.0. The van der Waals surface area contributed by atoms with E-state index in [4.69, 9.17) is 39.5 Å². The van der Waals surface area contributed by atoms with Crippen molar-refractivity contribution < 1.29 is 22.7 Å². The molecule has 0 saturated heterocycles. The summed E-state index contributed by atoms with van der Waals surface area (Å²) in [6, 6.07) is 25.4. The lowest BCUT2D eigenvalue weighted by atomic mass is 10.0. The second-order valence-electron chi connectivity index (χ2n) is 12.1. The maximum absolute atomic E-state index is 14.6. The Bertz CT molecular complexity index is 1810. The zero-order valence-electron chi connectivity index (χ0n) is 27.1. The zero-order valence-corrected chi connectivity index (χ0v) is 30.2. The Kier molecular flexibility index (Phi) is 12.4. The smallest absolute Gasteiger partial charge is 0.264 e. The van der Waals surface area contributed by atoms with Gasteiger partial charge in [-0.15, -0.1) is 0 Å². The number of nitrogens with zero attached hydrogens (tertiary/aromatic N) is 2. The van der Waals surface area contributed by atoms with Gasteiger partial charge in [-0.3, -0.25) is 13.9 Å². The van der Waals surface area contributed by atoms with Gasteiger partial charge in [0.1, 0.15) is 18.3 Å². The van der Waals surface area contributed by atoms with Gasteiger partial charge in [0.05, 0.1) is 27.2 Å². The number of sulfonamides is 1. The normalized spacial score (nSPS) is 12.2. The molecule has 0 unspecified atom stereocenters. The maximum Gasteiger partial charge on any atom is 0.264 e. The van der Waals surface area contributed by atoms with Crippen molar-refractivity contribution >= 4 is 62.3 Å². The average Bonchev–Trinajstić information content (AvgIpc) is 3.03. The first-order chi connectivity index (χ1) is 22.7. The number of hydrogen-bond donors (Lipinski definition) is 1. The van der Waals surface area contributed by atoms with Crippen LogP contribution in [0.15, 0.2) is 102 Å². The molecule has 0 heterocycles. The second kappa shape index (κ2) is 16.1. The first kappa shape index (κ1) is 37.1. The fourth-order valence-corrected chi connectivity index (χ4v) is 6.84. The SMILES string of the molecule is CCOc1ccc(N(CC(=O)N(Cc2ccc(Cl)c(Cl)c2)[C@H](Cc2ccccc2)C(=O)NC(C)(C)C)S(=O)(=O)c2ccc(Cl)cc2)cc1. The van der Waals surface area contributed by atoms with Gasteiger partial charge in [0.25, 0.3) is 10.0 Å². The zero-order chi connectivity index (χ0) is 35.1. The van der Waals surface area contributed by atoms with Gasteiger partial charge in [-0.25, -0.2) is 8.42 Å². The van der Waals surface area contributed by atoms with Crippen LogP contribution < -0.4 is 14.4 Å². The van der Waals surface area contributed by atoms with Crippen molar-refractivity contribution in [2.45, 2.75) is 57.1 Å². The standard InChI is InChI=1S/C36H38Cl3N3O5S/c1-5-47-29-16-14-28(15-17-29)42(48(45,46)30-18-12-27(37)13-19-30)24-34(43)41(23-26-11-20-31(38)32(39)21-26)33(35(44)40-36(2,3)4)22-25-9-7-6-8-10-25/h6-21,33H,5,22-24H2,1-4H3,(H,40,44)/t33-/m1/s1. The highest BCUT2D eigenvalue weighted by Gasteiger charge is 2.35. The molecule has 1 N–H and O–H groups in total. The molecule has 4 aromatic carbocycles. The topological polar surface area (TPSA) is 96.0 Å². The summed E-state index contributed by atoms with van der Waals surface area (Å²) in [6.07, 6.45) is 0.169. The molecule has 8 nitrogen and oxygen atoms in total.